The Morgan fingerprint density at radius 1 is 1.28 bits per heavy atom. The summed E-state index contributed by atoms with van der Waals surface area (Å²) in [6.45, 7) is -0.255. The predicted octanol–water partition coefficient (Wildman–Crippen LogP) is 3.04. The normalized spacial score (nSPS) is 11.1. The molecule has 7 heteroatoms. The molecule has 0 aliphatic rings. The third-order valence-electron chi connectivity index (χ3n) is 3.52. The minimum atomic E-state index is -0.696. The molecule has 25 heavy (non-hydrogen) atoms. The number of carbonyl (C=O) groups is 1. The highest BCUT2D eigenvalue weighted by atomic mass is 19.1. The molecule has 0 atom stereocenters. The molecule has 0 aliphatic heterocycles. The fourth-order valence-corrected chi connectivity index (χ4v) is 2.38. The van der Waals surface area contributed by atoms with Crippen molar-refractivity contribution in [2.45, 2.75) is 6.42 Å². The lowest BCUT2D eigenvalue weighted by atomic mass is 10.2. The molecule has 6 nitrogen and oxygen atoms in total. The molecular weight excluding hydrogens is 323 g/mol. The fourth-order valence-electron chi connectivity index (χ4n) is 2.38. The number of alkyl halides is 1. The van der Waals surface area contributed by atoms with Crippen molar-refractivity contribution in [3.8, 4) is 5.88 Å². The van der Waals surface area contributed by atoms with Gasteiger partial charge in [-0.25, -0.2) is 14.4 Å². The second kappa shape index (κ2) is 8.05. The molecule has 1 aromatic carbocycles. The van der Waals surface area contributed by atoms with Crippen LogP contribution in [0.2, 0.25) is 0 Å². The number of hydrogen-bond acceptors (Lipinski definition) is 4. The molecule has 1 amide bonds. The van der Waals surface area contributed by atoms with Gasteiger partial charge in [-0.2, -0.15) is 0 Å². The van der Waals surface area contributed by atoms with Gasteiger partial charge in [0.2, 0.25) is 11.8 Å². The van der Waals surface area contributed by atoms with Crippen molar-refractivity contribution < 1.29 is 13.9 Å². The number of aromatic amines is 1. The number of carbonyl (C=O) groups excluding carboxylic acids is 1. The molecule has 2 heterocycles. The number of nitrogens with one attached hydrogen (secondary N) is 2. The predicted molar refractivity (Wildman–Crippen MR) is 93.3 cm³/mol. The van der Waals surface area contributed by atoms with E-state index in [0.29, 0.717) is 29.2 Å². The average Bonchev–Trinajstić information content (AvgIpc) is 3.05. The molecule has 2 aromatic heterocycles. The van der Waals surface area contributed by atoms with Gasteiger partial charge in [-0.05, 0) is 11.6 Å². The molecule has 0 aliphatic carbocycles. The molecule has 2 N–H and O–H groups in total. The number of halogens is 1. The van der Waals surface area contributed by atoms with Crippen LogP contribution >= 0.6 is 0 Å². The third kappa shape index (κ3) is 4.20. The number of allylic oxidation sites excluding steroid dienone is 1. The van der Waals surface area contributed by atoms with E-state index in [0.717, 1.165) is 24.1 Å². The Kier molecular flexibility index (Phi) is 5.36. The lowest BCUT2D eigenvalue weighted by molar-refractivity contribution is -0.111. The van der Waals surface area contributed by atoms with Crippen LogP contribution in [0.1, 0.15) is 5.56 Å². The molecular formula is C18H17FN4O2. The number of anilines is 1. The van der Waals surface area contributed by atoms with Gasteiger partial charge in [-0.15, -0.1) is 0 Å². The molecule has 0 fully saturated rings. The van der Waals surface area contributed by atoms with E-state index >= 15 is 0 Å². The van der Waals surface area contributed by atoms with E-state index in [9.17, 15) is 9.18 Å². The smallest absolute Gasteiger partial charge is 0.248 e. The van der Waals surface area contributed by atoms with E-state index < -0.39 is 12.6 Å². The van der Waals surface area contributed by atoms with Crippen LogP contribution < -0.4 is 10.1 Å². The minimum absolute atomic E-state index is 0.381. The van der Waals surface area contributed by atoms with Gasteiger partial charge in [-0.1, -0.05) is 30.3 Å². The van der Waals surface area contributed by atoms with Crippen molar-refractivity contribution in [1.82, 2.24) is 15.0 Å². The quantitative estimate of drug-likeness (QED) is 0.648. The van der Waals surface area contributed by atoms with E-state index in [1.165, 1.54) is 6.33 Å². The van der Waals surface area contributed by atoms with Crippen LogP contribution in [0.3, 0.4) is 0 Å². The summed E-state index contributed by atoms with van der Waals surface area (Å²) in [5.74, 6) is -0.0513. The molecule has 0 saturated carbocycles. The standard InChI is InChI=1S/C18H17FN4O2/c19-9-4-7-15(24)23-14-11-20-17-16(14)18(22-12-21-17)25-10-8-13-5-2-1-3-6-13/h1-7,11-12H,8-10H2,(H,23,24)(H,20,21,22). The summed E-state index contributed by atoms with van der Waals surface area (Å²) in [5.41, 5.74) is 2.19. The van der Waals surface area contributed by atoms with E-state index in [4.69, 9.17) is 4.74 Å². The Morgan fingerprint density at radius 2 is 2.12 bits per heavy atom. The summed E-state index contributed by atoms with van der Waals surface area (Å²) in [6.07, 6.45) is 6.00. The summed E-state index contributed by atoms with van der Waals surface area (Å²) >= 11 is 0. The molecule has 128 valence electrons. The maximum Gasteiger partial charge on any atom is 0.248 e. The first-order chi connectivity index (χ1) is 12.3. The number of benzene rings is 1. The Bertz CT molecular complexity index is 877. The van der Waals surface area contributed by atoms with Crippen LogP contribution in [-0.2, 0) is 11.2 Å². The van der Waals surface area contributed by atoms with Gasteiger partial charge >= 0.3 is 0 Å². The molecule has 0 unspecified atom stereocenters. The van der Waals surface area contributed by atoms with Gasteiger partial charge in [0.05, 0.1) is 12.3 Å². The van der Waals surface area contributed by atoms with Gasteiger partial charge in [0.1, 0.15) is 24.0 Å². The highest BCUT2D eigenvalue weighted by molar-refractivity contribution is 6.06. The topological polar surface area (TPSA) is 79.9 Å². The van der Waals surface area contributed by atoms with Crippen molar-refractivity contribution >= 4 is 22.6 Å². The first kappa shape index (κ1) is 16.6. The number of nitrogens with zero attached hydrogens (tertiary/aromatic N) is 2. The molecule has 0 saturated heterocycles. The number of amides is 1. The van der Waals surface area contributed by atoms with Gasteiger partial charge in [0.25, 0.3) is 0 Å². The maximum atomic E-state index is 12.1. The number of H-pyrrole nitrogens is 1. The van der Waals surface area contributed by atoms with Gasteiger partial charge in [0.15, 0.2) is 0 Å². The average molecular weight is 340 g/mol. The number of ether oxygens (including phenoxy) is 1. The van der Waals surface area contributed by atoms with Crippen molar-refractivity contribution in [2.24, 2.45) is 0 Å². The van der Waals surface area contributed by atoms with E-state index in [2.05, 4.69) is 20.3 Å². The Hall–Kier alpha value is -3.22. The van der Waals surface area contributed by atoms with Gasteiger partial charge in [-0.3, -0.25) is 4.79 Å². The lowest BCUT2D eigenvalue weighted by Crippen LogP contribution is -2.08. The fraction of sp³-hybridized carbons (Fsp3) is 0.167. The monoisotopic (exact) mass is 340 g/mol. The van der Waals surface area contributed by atoms with Crippen LogP contribution in [0.25, 0.3) is 11.0 Å². The zero-order valence-corrected chi connectivity index (χ0v) is 13.4. The maximum absolute atomic E-state index is 12.1. The molecule has 0 spiro atoms. The minimum Gasteiger partial charge on any atom is -0.477 e. The molecule has 0 radical (unpaired) electrons. The lowest BCUT2D eigenvalue weighted by Gasteiger charge is -2.08. The number of fused-ring (bicyclic) bond motifs is 1. The van der Waals surface area contributed by atoms with Crippen molar-refractivity contribution in [3.63, 3.8) is 0 Å². The van der Waals surface area contributed by atoms with Crippen molar-refractivity contribution in [3.05, 3.63) is 60.6 Å². The Morgan fingerprint density at radius 3 is 2.92 bits per heavy atom. The zero-order chi connectivity index (χ0) is 17.5. The third-order valence-corrected chi connectivity index (χ3v) is 3.52. The first-order valence-corrected chi connectivity index (χ1v) is 7.80. The SMILES string of the molecule is O=C(C=CCF)Nc1c[nH]c2ncnc(OCCc3ccccc3)c12. The van der Waals surface area contributed by atoms with Gasteiger partial charge < -0.3 is 15.0 Å². The van der Waals surface area contributed by atoms with Crippen molar-refractivity contribution in [2.75, 3.05) is 18.6 Å². The Labute approximate surface area is 143 Å². The molecule has 3 aromatic rings. The zero-order valence-electron chi connectivity index (χ0n) is 13.4. The molecule has 0 bridgehead atoms. The van der Waals surface area contributed by atoms with Crippen LogP contribution in [0, 0.1) is 0 Å². The highest BCUT2D eigenvalue weighted by Crippen LogP contribution is 2.29. The second-order valence-corrected chi connectivity index (χ2v) is 5.23. The number of aromatic nitrogens is 3. The van der Waals surface area contributed by atoms with E-state index in [-0.39, 0.29) is 0 Å². The highest BCUT2D eigenvalue weighted by Gasteiger charge is 2.13. The summed E-state index contributed by atoms with van der Waals surface area (Å²) in [6, 6.07) is 9.96. The number of rotatable bonds is 7. The van der Waals surface area contributed by atoms with Crippen molar-refractivity contribution in [1.29, 1.82) is 0 Å². The van der Waals surface area contributed by atoms with Crippen LogP contribution in [-0.4, -0.2) is 34.1 Å². The van der Waals surface area contributed by atoms with Crippen LogP contribution in [0.5, 0.6) is 5.88 Å². The first-order valence-electron chi connectivity index (χ1n) is 7.80. The summed E-state index contributed by atoms with van der Waals surface area (Å²) in [7, 11) is 0. The van der Waals surface area contributed by atoms with E-state index in [1.54, 1.807) is 6.20 Å². The number of hydrogen-bond donors (Lipinski definition) is 2. The Balaban J connectivity index is 1.75. The summed E-state index contributed by atoms with van der Waals surface area (Å²) in [5, 5.41) is 3.25. The summed E-state index contributed by atoms with van der Waals surface area (Å²) in [4.78, 5) is 23.0. The summed E-state index contributed by atoms with van der Waals surface area (Å²) < 4.78 is 17.9. The van der Waals surface area contributed by atoms with Crippen LogP contribution in [0.15, 0.2) is 55.0 Å². The van der Waals surface area contributed by atoms with E-state index in [1.807, 2.05) is 30.3 Å². The van der Waals surface area contributed by atoms with Gasteiger partial charge in [0, 0.05) is 18.7 Å². The largest absolute Gasteiger partial charge is 0.477 e. The molecule has 3 rings (SSSR count). The second-order valence-electron chi connectivity index (χ2n) is 5.23. The van der Waals surface area contributed by atoms with Crippen LogP contribution in [0.4, 0.5) is 10.1 Å².